The lowest BCUT2D eigenvalue weighted by molar-refractivity contribution is 0.865. The van der Waals surface area contributed by atoms with Crippen LogP contribution in [-0.2, 0) is 0 Å². The Labute approximate surface area is 162 Å². The lowest BCUT2D eigenvalue weighted by atomic mass is 10.2. The molecule has 0 saturated carbocycles. The first-order chi connectivity index (χ1) is 12.6. The summed E-state index contributed by atoms with van der Waals surface area (Å²) in [5.41, 5.74) is 3.08. The maximum atomic E-state index is 5.95. The van der Waals surface area contributed by atoms with Gasteiger partial charge in [-0.15, -0.1) is 0 Å². The van der Waals surface area contributed by atoms with Crippen LogP contribution < -0.4 is 4.90 Å². The van der Waals surface area contributed by atoms with E-state index >= 15 is 0 Å². The summed E-state index contributed by atoms with van der Waals surface area (Å²) in [7, 11) is 0. The molecule has 0 saturated heterocycles. The van der Waals surface area contributed by atoms with Gasteiger partial charge in [-0.25, -0.2) is 5.10 Å². The Morgan fingerprint density at radius 1 is 1.12 bits per heavy atom. The highest BCUT2D eigenvalue weighted by Gasteiger charge is 2.08. The highest BCUT2D eigenvalue weighted by Crippen LogP contribution is 2.20. The first kappa shape index (κ1) is 18.4. The number of H-pyrrole nitrogens is 1. The van der Waals surface area contributed by atoms with Gasteiger partial charge in [0.15, 0.2) is 5.82 Å². The molecule has 26 heavy (non-hydrogen) atoms. The molecule has 1 aromatic heterocycles. The molecule has 0 amide bonds. The van der Waals surface area contributed by atoms with Gasteiger partial charge in [-0.3, -0.25) is 0 Å². The first-order valence-electron chi connectivity index (χ1n) is 8.45. The number of aromatic nitrogens is 3. The van der Waals surface area contributed by atoms with E-state index in [0.29, 0.717) is 15.6 Å². The number of halogens is 1. The number of benzene rings is 2. The quantitative estimate of drug-likeness (QED) is 0.480. The van der Waals surface area contributed by atoms with Crippen molar-refractivity contribution in [2.75, 3.05) is 18.0 Å². The molecule has 0 fully saturated rings. The minimum absolute atomic E-state index is 0.436. The Morgan fingerprint density at radius 2 is 1.77 bits per heavy atom. The summed E-state index contributed by atoms with van der Waals surface area (Å²) in [6.45, 7) is 6.27. The molecular weight excluding hydrogens is 366 g/mol. The van der Waals surface area contributed by atoms with Crippen LogP contribution in [0.15, 0.2) is 53.6 Å². The van der Waals surface area contributed by atoms with Crippen molar-refractivity contribution in [2.24, 2.45) is 5.10 Å². The summed E-state index contributed by atoms with van der Waals surface area (Å²) < 4.78 is 2.04. The van der Waals surface area contributed by atoms with E-state index in [1.165, 1.54) is 5.69 Å². The molecule has 0 unspecified atom stereocenters. The van der Waals surface area contributed by atoms with Crippen LogP contribution in [0.3, 0.4) is 0 Å². The highest BCUT2D eigenvalue weighted by atomic mass is 35.5. The molecule has 3 aromatic rings. The number of aromatic amines is 1. The number of rotatable bonds is 6. The van der Waals surface area contributed by atoms with Crippen molar-refractivity contribution in [1.29, 1.82) is 0 Å². The summed E-state index contributed by atoms with van der Waals surface area (Å²) in [4.78, 5) is 2.30. The van der Waals surface area contributed by atoms with E-state index in [1.54, 1.807) is 10.9 Å². The number of nitrogens with zero attached hydrogens (tertiary/aromatic N) is 4. The van der Waals surface area contributed by atoms with E-state index in [9.17, 15) is 0 Å². The van der Waals surface area contributed by atoms with Gasteiger partial charge in [0.1, 0.15) is 0 Å². The van der Waals surface area contributed by atoms with E-state index in [2.05, 4.69) is 46.2 Å². The molecule has 0 aliphatic carbocycles. The Hall–Kier alpha value is -2.44. The molecule has 0 bridgehead atoms. The Morgan fingerprint density at radius 3 is 2.38 bits per heavy atom. The zero-order valence-electron chi connectivity index (χ0n) is 14.7. The molecule has 0 atom stereocenters. The molecular formula is C19H20ClN5S. The lowest BCUT2D eigenvalue weighted by Crippen LogP contribution is -2.21. The topological polar surface area (TPSA) is 49.2 Å². The van der Waals surface area contributed by atoms with Crippen LogP contribution in [0.2, 0.25) is 5.02 Å². The second kappa shape index (κ2) is 8.29. The Balaban J connectivity index is 1.86. The largest absolute Gasteiger partial charge is 0.372 e. The third kappa shape index (κ3) is 4.03. The summed E-state index contributed by atoms with van der Waals surface area (Å²) in [5, 5.41) is 12.2. The fraction of sp³-hybridized carbons (Fsp3) is 0.211. The second-order valence-corrected chi connectivity index (χ2v) is 6.50. The van der Waals surface area contributed by atoms with Gasteiger partial charge < -0.3 is 4.90 Å². The normalized spacial score (nSPS) is 11.2. The molecule has 2 aromatic carbocycles. The Kier molecular flexibility index (Phi) is 5.85. The van der Waals surface area contributed by atoms with Crippen molar-refractivity contribution in [1.82, 2.24) is 14.9 Å². The number of anilines is 1. The van der Waals surface area contributed by atoms with Gasteiger partial charge in [-0.2, -0.15) is 14.9 Å². The van der Waals surface area contributed by atoms with Crippen molar-refractivity contribution < 1.29 is 0 Å². The maximum absolute atomic E-state index is 5.95. The minimum atomic E-state index is 0.436. The minimum Gasteiger partial charge on any atom is -0.372 e. The van der Waals surface area contributed by atoms with Crippen molar-refractivity contribution >= 4 is 35.7 Å². The standard InChI is InChI=1S/C19H20ClN5S/c1-3-24(4-2)17-11-5-14(6-12-17)13-21-25-18(22-23-19(25)26)15-7-9-16(20)10-8-15/h5-13H,3-4H2,1-2H3,(H,23,26)/b21-13-. The Bertz CT molecular complexity index is 937. The second-order valence-electron chi connectivity index (χ2n) is 5.68. The van der Waals surface area contributed by atoms with Crippen molar-refractivity contribution in [3.05, 3.63) is 63.9 Å². The molecule has 0 radical (unpaired) electrons. The smallest absolute Gasteiger partial charge is 0.216 e. The zero-order valence-corrected chi connectivity index (χ0v) is 16.3. The first-order valence-corrected chi connectivity index (χ1v) is 9.23. The van der Waals surface area contributed by atoms with Crippen LogP contribution in [0, 0.1) is 4.77 Å². The maximum Gasteiger partial charge on any atom is 0.216 e. The average molecular weight is 386 g/mol. The van der Waals surface area contributed by atoms with E-state index < -0.39 is 0 Å². The predicted octanol–water partition coefficient (Wildman–Crippen LogP) is 4.99. The molecule has 0 aliphatic rings. The van der Waals surface area contributed by atoms with Crippen LogP contribution in [0.25, 0.3) is 11.4 Å². The van der Waals surface area contributed by atoms with Gasteiger partial charge in [-0.05, 0) is 68.0 Å². The fourth-order valence-electron chi connectivity index (χ4n) is 2.67. The van der Waals surface area contributed by atoms with Crippen molar-refractivity contribution in [3.63, 3.8) is 0 Å². The number of hydrogen-bond donors (Lipinski definition) is 1. The van der Waals surface area contributed by atoms with Crippen LogP contribution in [0.5, 0.6) is 0 Å². The van der Waals surface area contributed by atoms with Gasteiger partial charge in [0, 0.05) is 29.4 Å². The fourth-order valence-corrected chi connectivity index (χ4v) is 2.97. The van der Waals surface area contributed by atoms with Crippen LogP contribution in [-0.4, -0.2) is 34.2 Å². The third-order valence-corrected chi connectivity index (χ3v) is 4.61. The van der Waals surface area contributed by atoms with E-state index in [4.69, 9.17) is 23.8 Å². The predicted molar refractivity (Wildman–Crippen MR) is 111 cm³/mol. The summed E-state index contributed by atoms with van der Waals surface area (Å²) in [6.07, 6.45) is 1.77. The molecule has 134 valence electrons. The van der Waals surface area contributed by atoms with E-state index in [1.807, 2.05) is 36.4 Å². The molecule has 0 spiro atoms. The SMILES string of the molecule is CCN(CC)c1ccc(/C=N\n2c(-c3ccc(Cl)cc3)n[nH]c2=S)cc1. The third-order valence-electron chi connectivity index (χ3n) is 4.10. The summed E-state index contributed by atoms with van der Waals surface area (Å²) in [6, 6.07) is 15.7. The highest BCUT2D eigenvalue weighted by molar-refractivity contribution is 7.71. The van der Waals surface area contributed by atoms with E-state index in [-0.39, 0.29) is 0 Å². The molecule has 7 heteroatoms. The average Bonchev–Trinajstić information content (AvgIpc) is 3.03. The lowest BCUT2D eigenvalue weighted by Gasteiger charge is -2.20. The summed E-state index contributed by atoms with van der Waals surface area (Å²) in [5.74, 6) is 0.641. The van der Waals surface area contributed by atoms with Crippen molar-refractivity contribution in [2.45, 2.75) is 13.8 Å². The van der Waals surface area contributed by atoms with Gasteiger partial charge in [0.25, 0.3) is 0 Å². The molecule has 5 nitrogen and oxygen atoms in total. The number of hydrogen-bond acceptors (Lipinski definition) is 4. The van der Waals surface area contributed by atoms with Gasteiger partial charge in [-0.1, -0.05) is 23.7 Å². The molecule has 3 rings (SSSR count). The molecule has 1 N–H and O–H groups in total. The molecule has 1 heterocycles. The van der Waals surface area contributed by atoms with Crippen LogP contribution in [0.1, 0.15) is 19.4 Å². The van der Waals surface area contributed by atoms with Gasteiger partial charge >= 0.3 is 0 Å². The summed E-state index contributed by atoms with van der Waals surface area (Å²) >= 11 is 11.3. The number of nitrogens with one attached hydrogen (secondary N) is 1. The van der Waals surface area contributed by atoms with Crippen molar-refractivity contribution in [3.8, 4) is 11.4 Å². The van der Waals surface area contributed by atoms with Gasteiger partial charge in [0.2, 0.25) is 4.77 Å². The zero-order chi connectivity index (χ0) is 18.5. The molecule has 0 aliphatic heterocycles. The van der Waals surface area contributed by atoms with Gasteiger partial charge in [0.05, 0.1) is 6.21 Å². The van der Waals surface area contributed by atoms with Crippen LogP contribution in [0.4, 0.5) is 5.69 Å². The monoisotopic (exact) mass is 385 g/mol. The van der Waals surface area contributed by atoms with E-state index in [0.717, 1.165) is 24.2 Å². The van der Waals surface area contributed by atoms with Crippen LogP contribution >= 0.6 is 23.8 Å².